The summed E-state index contributed by atoms with van der Waals surface area (Å²) >= 11 is 0. The zero-order valence-electron chi connectivity index (χ0n) is 11.0. The first-order valence-electron chi connectivity index (χ1n) is 6.80. The molecular weight excluding hydrogens is 244 g/mol. The zero-order chi connectivity index (χ0) is 13.4. The van der Waals surface area contributed by atoms with E-state index in [-0.39, 0.29) is 0 Å². The van der Waals surface area contributed by atoms with E-state index >= 15 is 0 Å². The smallest absolute Gasteiger partial charge is 0.111 e. The molecule has 4 aromatic rings. The first-order valence-corrected chi connectivity index (χ1v) is 6.80. The van der Waals surface area contributed by atoms with Gasteiger partial charge in [0.1, 0.15) is 5.82 Å². The van der Waals surface area contributed by atoms with Gasteiger partial charge < -0.3 is 4.98 Å². The van der Waals surface area contributed by atoms with Gasteiger partial charge in [-0.1, -0.05) is 54.6 Å². The van der Waals surface area contributed by atoms with E-state index in [0.717, 1.165) is 23.3 Å². The van der Waals surface area contributed by atoms with Crippen LogP contribution in [0.2, 0.25) is 0 Å². The Labute approximate surface area is 117 Å². The van der Waals surface area contributed by atoms with E-state index in [9.17, 15) is 0 Å². The summed E-state index contributed by atoms with van der Waals surface area (Å²) in [5.74, 6) is 1.02. The summed E-state index contributed by atoms with van der Waals surface area (Å²) in [5, 5.41) is 2.58. The van der Waals surface area contributed by atoms with Gasteiger partial charge in [0.05, 0.1) is 11.0 Å². The first kappa shape index (κ1) is 11.2. The van der Waals surface area contributed by atoms with Crippen molar-refractivity contribution < 1.29 is 0 Å². The van der Waals surface area contributed by atoms with E-state index in [0.29, 0.717) is 0 Å². The molecule has 0 aliphatic heterocycles. The van der Waals surface area contributed by atoms with Gasteiger partial charge in [-0.15, -0.1) is 0 Å². The Morgan fingerprint density at radius 3 is 2.55 bits per heavy atom. The Morgan fingerprint density at radius 2 is 1.60 bits per heavy atom. The maximum atomic E-state index is 4.66. The average molecular weight is 258 g/mol. The van der Waals surface area contributed by atoms with Gasteiger partial charge in [0, 0.05) is 6.42 Å². The van der Waals surface area contributed by atoms with Crippen LogP contribution >= 0.6 is 0 Å². The Kier molecular flexibility index (Phi) is 2.52. The van der Waals surface area contributed by atoms with Crippen molar-refractivity contribution in [1.29, 1.82) is 0 Å². The molecule has 2 heteroatoms. The van der Waals surface area contributed by atoms with Gasteiger partial charge in [-0.05, 0) is 28.5 Å². The second kappa shape index (κ2) is 4.49. The van der Waals surface area contributed by atoms with Gasteiger partial charge in [-0.2, -0.15) is 0 Å². The predicted molar refractivity (Wildman–Crippen MR) is 82.8 cm³/mol. The molecule has 0 fully saturated rings. The minimum Gasteiger partial charge on any atom is -0.342 e. The maximum Gasteiger partial charge on any atom is 0.111 e. The summed E-state index contributed by atoms with van der Waals surface area (Å²) in [6, 6.07) is 23.1. The van der Waals surface area contributed by atoms with Crippen LogP contribution in [0.3, 0.4) is 0 Å². The van der Waals surface area contributed by atoms with Crippen LogP contribution in [0.1, 0.15) is 11.4 Å². The van der Waals surface area contributed by atoms with E-state index in [1.807, 2.05) is 18.2 Å². The third-order valence-corrected chi connectivity index (χ3v) is 3.68. The maximum absolute atomic E-state index is 4.66. The van der Waals surface area contributed by atoms with Gasteiger partial charge >= 0.3 is 0 Å². The second-order valence-electron chi connectivity index (χ2n) is 5.02. The second-order valence-corrected chi connectivity index (χ2v) is 5.02. The molecule has 1 aromatic heterocycles. The molecule has 0 bridgehead atoms. The van der Waals surface area contributed by atoms with E-state index in [2.05, 4.69) is 58.5 Å². The molecule has 0 atom stereocenters. The molecule has 0 unspecified atom stereocenters. The van der Waals surface area contributed by atoms with E-state index < -0.39 is 0 Å². The molecule has 96 valence electrons. The summed E-state index contributed by atoms with van der Waals surface area (Å²) in [4.78, 5) is 8.06. The minimum absolute atomic E-state index is 0.829. The van der Waals surface area contributed by atoms with Crippen LogP contribution in [0.25, 0.3) is 21.8 Å². The molecule has 0 spiro atoms. The van der Waals surface area contributed by atoms with Crippen LogP contribution in [0.5, 0.6) is 0 Å². The number of benzene rings is 3. The lowest BCUT2D eigenvalue weighted by Gasteiger charge is -2.04. The monoisotopic (exact) mass is 258 g/mol. The molecule has 4 rings (SSSR count). The summed E-state index contributed by atoms with van der Waals surface area (Å²) in [6.07, 6.45) is 0.829. The quantitative estimate of drug-likeness (QED) is 0.570. The highest BCUT2D eigenvalue weighted by atomic mass is 14.9. The Hall–Kier alpha value is -2.61. The SMILES string of the molecule is c1ccc2c(Cc3nc4ccccc4[nH]3)cccc2c1. The molecule has 0 amide bonds. The number of fused-ring (bicyclic) bond motifs is 2. The van der Waals surface area contributed by atoms with E-state index in [1.54, 1.807) is 0 Å². The van der Waals surface area contributed by atoms with Crippen LogP contribution in [0.15, 0.2) is 66.7 Å². The number of hydrogen-bond donors (Lipinski definition) is 1. The molecule has 0 radical (unpaired) electrons. The minimum atomic E-state index is 0.829. The number of hydrogen-bond acceptors (Lipinski definition) is 1. The van der Waals surface area contributed by atoms with Crippen molar-refractivity contribution in [2.24, 2.45) is 0 Å². The fraction of sp³-hybridized carbons (Fsp3) is 0.0556. The number of aromatic nitrogens is 2. The molecule has 1 heterocycles. The standard InChI is InChI=1S/C18H14N2/c1-2-9-15-13(6-1)7-5-8-14(15)12-18-19-16-10-3-4-11-17(16)20-18/h1-11H,12H2,(H,19,20). The lowest BCUT2D eigenvalue weighted by Crippen LogP contribution is -1.91. The van der Waals surface area contributed by atoms with Crippen molar-refractivity contribution >= 4 is 21.8 Å². The number of rotatable bonds is 2. The van der Waals surface area contributed by atoms with Crippen molar-refractivity contribution in [3.8, 4) is 0 Å². The highest BCUT2D eigenvalue weighted by molar-refractivity contribution is 5.86. The number of nitrogens with one attached hydrogen (secondary N) is 1. The normalized spacial score (nSPS) is 11.2. The van der Waals surface area contributed by atoms with Crippen LogP contribution < -0.4 is 0 Å². The zero-order valence-corrected chi connectivity index (χ0v) is 11.0. The van der Waals surface area contributed by atoms with Gasteiger partial charge in [0.15, 0.2) is 0 Å². The van der Waals surface area contributed by atoms with Crippen LogP contribution in [-0.4, -0.2) is 9.97 Å². The topological polar surface area (TPSA) is 28.7 Å². The average Bonchev–Trinajstić information content (AvgIpc) is 2.90. The van der Waals surface area contributed by atoms with E-state index in [4.69, 9.17) is 0 Å². The molecule has 20 heavy (non-hydrogen) atoms. The molecule has 3 aromatic carbocycles. The van der Waals surface area contributed by atoms with E-state index in [1.165, 1.54) is 16.3 Å². The molecular formula is C18H14N2. The van der Waals surface area contributed by atoms with Crippen molar-refractivity contribution in [3.05, 3.63) is 78.1 Å². The summed E-state index contributed by atoms with van der Waals surface area (Å²) < 4.78 is 0. The molecule has 0 saturated heterocycles. The van der Waals surface area contributed by atoms with Gasteiger partial charge in [-0.25, -0.2) is 4.98 Å². The molecule has 2 nitrogen and oxygen atoms in total. The Morgan fingerprint density at radius 1 is 0.800 bits per heavy atom. The highest BCUT2D eigenvalue weighted by Gasteiger charge is 2.05. The number of imidazole rings is 1. The van der Waals surface area contributed by atoms with Crippen molar-refractivity contribution in [3.63, 3.8) is 0 Å². The van der Waals surface area contributed by atoms with Crippen LogP contribution in [-0.2, 0) is 6.42 Å². The fourth-order valence-corrected chi connectivity index (χ4v) is 2.72. The third-order valence-electron chi connectivity index (χ3n) is 3.68. The number of para-hydroxylation sites is 2. The lowest BCUT2D eigenvalue weighted by molar-refractivity contribution is 1.05. The summed E-state index contributed by atoms with van der Waals surface area (Å²) in [6.45, 7) is 0. The van der Waals surface area contributed by atoms with Crippen LogP contribution in [0.4, 0.5) is 0 Å². The van der Waals surface area contributed by atoms with Gasteiger partial charge in [-0.3, -0.25) is 0 Å². The number of nitrogens with zero attached hydrogens (tertiary/aromatic N) is 1. The largest absolute Gasteiger partial charge is 0.342 e. The van der Waals surface area contributed by atoms with Gasteiger partial charge in [0.25, 0.3) is 0 Å². The predicted octanol–water partition coefficient (Wildman–Crippen LogP) is 4.31. The number of H-pyrrole nitrogens is 1. The Bertz CT molecular complexity index is 852. The van der Waals surface area contributed by atoms with Crippen molar-refractivity contribution in [1.82, 2.24) is 9.97 Å². The Balaban J connectivity index is 1.80. The fourth-order valence-electron chi connectivity index (χ4n) is 2.72. The molecule has 0 saturated carbocycles. The van der Waals surface area contributed by atoms with Crippen LogP contribution in [0, 0.1) is 0 Å². The molecule has 0 aliphatic rings. The lowest BCUT2D eigenvalue weighted by atomic mass is 10.0. The molecule has 0 aliphatic carbocycles. The van der Waals surface area contributed by atoms with Gasteiger partial charge in [0.2, 0.25) is 0 Å². The summed E-state index contributed by atoms with van der Waals surface area (Å²) in [5.41, 5.74) is 3.44. The highest BCUT2D eigenvalue weighted by Crippen LogP contribution is 2.21. The van der Waals surface area contributed by atoms with Crippen molar-refractivity contribution in [2.75, 3.05) is 0 Å². The van der Waals surface area contributed by atoms with Crippen molar-refractivity contribution in [2.45, 2.75) is 6.42 Å². The summed E-state index contributed by atoms with van der Waals surface area (Å²) in [7, 11) is 0. The number of aromatic amines is 1. The third kappa shape index (κ3) is 1.86. The first-order chi connectivity index (χ1) is 9.90. The molecule has 1 N–H and O–H groups in total.